The molecule has 2 rings (SSSR count). The van der Waals surface area contributed by atoms with Gasteiger partial charge in [-0.05, 0) is 26.0 Å². The zero-order valence-electron chi connectivity index (χ0n) is 11.6. The molecule has 0 unspecified atom stereocenters. The molecule has 1 aromatic carbocycles. The largest absolute Gasteiger partial charge is 0.490 e. The van der Waals surface area contributed by atoms with Crippen molar-refractivity contribution < 1.29 is 9.13 Å². The first-order chi connectivity index (χ1) is 9.02. The Bertz CT molecular complexity index is 578. The van der Waals surface area contributed by atoms with Crippen LogP contribution in [-0.4, -0.2) is 20.9 Å². The van der Waals surface area contributed by atoms with E-state index in [-0.39, 0.29) is 11.9 Å². The van der Waals surface area contributed by atoms with Crippen molar-refractivity contribution >= 4 is 0 Å². The molecule has 1 aromatic heterocycles. The molecule has 102 valence electrons. The lowest BCUT2D eigenvalue weighted by Gasteiger charge is -2.14. The van der Waals surface area contributed by atoms with Crippen molar-refractivity contribution in [3.63, 3.8) is 0 Å². The Labute approximate surface area is 112 Å². The fourth-order valence-corrected chi connectivity index (χ4v) is 1.88. The highest BCUT2D eigenvalue weighted by Crippen LogP contribution is 2.31. The van der Waals surface area contributed by atoms with E-state index in [0.717, 1.165) is 0 Å². The summed E-state index contributed by atoms with van der Waals surface area (Å²) in [6, 6.07) is 4.79. The molecule has 0 N–H and O–H groups in total. The molecule has 1 heterocycles. The molecule has 0 spiro atoms. The molecular formula is C14H18FN3O. The van der Waals surface area contributed by atoms with Crippen molar-refractivity contribution in [2.45, 2.75) is 33.3 Å². The molecule has 0 aliphatic heterocycles. The first-order valence-electron chi connectivity index (χ1n) is 6.38. The van der Waals surface area contributed by atoms with Crippen LogP contribution in [0, 0.1) is 5.82 Å². The van der Waals surface area contributed by atoms with E-state index in [1.807, 2.05) is 20.8 Å². The molecule has 0 bridgehead atoms. The van der Waals surface area contributed by atoms with Crippen LogP contribution in [0.15, 0.2) is 18.2 Å². The van der Waals surface area contributed by atoms with Crippen LogP contribution >= 0.6 is 0 Å². The van der Waals surface area contributed by atoms with Gasteiger partial charge in [0.05, 0.1) is 11.7 Å². The van der Waals surface area contributed by atoms with Crippen molar-refractivity contribution in [3.8, 4) is 17.1 Å². The van der Waals surface area contributed by atoms with Crippen LogP contribution in [0.5, 0.6) is 5.75 Å². The molecule has 4 nitrogen and oxygen atoms in total. The summed E-state index contributed by atoms with van der Waals surface area (Å²) in [6.45, 7) is 5.78. The van der Waals surface area contributed by atoms with Crippen LogP contribution in [0.25, 0.3) is 11.4 Å². The average Bonchev–Trinajstić information content (AvgIpc) is 2.70. The number of rotatable bonds is 4. The maximum Gasteiger partial charge on any atom is 0.164 e. The van der Waals surface area contributed by atoms with Crippen LogP contribution in [0.4, 0.5) is 4.39 Å². The van der Waals surface area contributed by atoms with E-state index in [9.17, 15) is 4.39 Å². The summed E-state index contributed by atoms with van der Waals surface area (Å²) in [5.74, 6) is 1.33. The van der Waals surface area contributed by atoms with Crippen LogP contribution in [0.2, 0.25) is 0 Å². The summed E-state index contributed by atoms with van der Waals surface area (Å²) in [7, 11) is 1.76. The summed E-state index contributed by atoms with van der Waals surface area (Å²) in [5, 5.41) is 4.25. The summed E-state index contributed by atoms with van der Waals surface area (Å²) in [6.07, 6.45) is 0.683. The van der Waals surface area contributed by atoms with E-state index in [1.165, 1.54) is 6.07 Å². The van der Waals surface area contributed by atoms with Gasteiger partial charge in [0, 0.05) is 13.5 Å². The van der Waals surface area contributed by atoms with Gasteiger partial charge in [0.1, 0.15) is 11.6 Å². The number of hydrogen-bond donors (Lipinski definition) is 0. The molecule has 0 aliphatic carbocycles. The zero-order chi connectivity index (χ0) is 14.0. The Hall–Kier alpha value is -1.91. The topological polar surface area (TPSA) is 39.9 Å². The molecule has 0 atom stereocenters. The van der Waals surface area contributed by atoms with Gasteiger partial charge in [0.25, 0.3) is 0 Å². The van der Waals surface area contributed by atoms with Crippen LogP contribution in [0.1, 0.15) is 26.6 Å². The molecule has 5 heteroatoms. The average molecular weight is 263 g/mol. The second-order valence-corrected chi connectivity index (χ2v) is 4.61. The molecule has 19 heavy (non-hydrogen) atoms. The van der Waals surface area contributed by atoms with Gasteiger partial charge in [-0.1, -0.05) is 13.0 Å². The smallest absolute Gasteiger partial charge is 0.164 e. The van der Waals surface area contributed by atoms with Crippen LogP contribution in [-0.2, 0) is 13.5 Å². The third-order valence-corrected chi connectivity index (χ3v) is 2.68. The van der Waals surface area contributed by atoms with Crippen molar-refractivity contribution in [3.05, 3.63) is 29.8 Å². The minimum atomic E-state index is -0.351. The Balaban J connectivity index is 2.56. The van der Waals surface area contributed by atoms with Crippen molar-refractivity contribution in [1.29, 1.82) is 0 Å². The highest BCUT2D eigenvalue weighted by Gasteiger charge is 2.18. The second kappa shape index (κ2) is 5.38. The maximum absolute atomic E-state index is 14.1. The number of aryl methyl sites for hydroxylation is 2. The lowest BCUT2D eigenvalue weighted by atomic mass is 10.1. The third-order valence-electron chi connectivity index (χ3n) is 2.68. The van der Waals surface area contributed by atoms with Gasteiger partial charge in [-0.15, -0.1) is 0 Å². The quantitative estimate of drug-likeness (QED) is 0.851. The van der Waals surface area contributed by atoms with Gasteiger partial charge in [0.2, 0.25) is 0 Å². The van der Waals surface area contributed by atoms with E-state index in [2.05, 4.69) is 10.1 Å². The standard InChI is InChI=1S/C14H18FN3O/c1-5-12-16-14(18(4)17-12)13-10(15)7-6-8-11(13)19-9(2)3/h6-9H,5H2,1-4H3. The Morgan fingerprint density at radius 3 is 2.68 bits per heavy atom. The Morgan fingerprint density at radius 2 is 2.11 bits per heavy atom. The van der Waals surface area contributed by atoms with Gasteiger partial charge in [0.15, 0.2) is 11.6 Å². The fourth-order valence-electron chi connectivity index (χ4n) is 1.88. The molecule has 2 aromatic rings. The number of benzene rings is 1. The minimum Gasteiger partial charge on any atom is -0.490 e. The SMILES string of the molecule is CCc1nc(-c2c(F)cccc2OC(C)C)n(C)n1. The number of halogens is 1. The number of nitrogens with zero attached hydrogens (tertiary/aromatic N) is 3. The normalized spacial score (nSPS) is 11.1. The molecule has 0 saturated heterocycles. The lowest BCUT2D eigenvalue weighted by molar-refractivity contribution is 0.242. The predicted octanol–water partition coefficient (Wildman–Crippen LogP) is 2.97. The second-order valence-electron chi connectivity index (χ2n) is 4.61. The van der Waals surface area contributed by atoms with Gasteiger partial charge >= 0.3 is 0 Å². The van der Waals surface area contributed by atoms with E-state index in [4.69, 9.17) is 4.74 Å². The van der Waals surface area contributed by atoms with Gasteiger partial charge in [-0.2, -0.15) is 5.10 Å². The van der Waals surface area contributed by atoms with Crippen molar-refractivity contribution in [2.24, 2.45) is 7.05 Å². The summed E-state index contributed by atoms with van der Waals surface area (Å²) >= 11 is 0. The zero-order valence-corrected chi connectivity index (χ0v) is 11.6. The molecule has 0 amide bonds. The number of ether oxygens (including phenoxy) is 1. The number of aromatic nitrogens is 3. The van der Waals surface area contributed by atoms with Crippen molar-refractivity contribution in [1.82, 2.24) is 14.8 Å². The minimum absolute atomic E-state index is 0.0283. The van der Waals surface area contributed by atoms with Gasteiger partial charge in [-0.3, -0.25) is 0 Å². The molecule has 0 radical (unpaired) electrons. The Morgan fingerprint density at radius 1 is 1.37 bits per heavy atom. The maximum atomic E-state index is 14.1. The first kappa shape index (κ1) is 13.5. The molecular weight excluding hydrogens is 245 g/mol. The number of hydrogen-bond acceptors (Lipinski definition) is 3. The van der Waals surface area contributed by atoms with E-state index < -0.39 is 0 Å². The first-order valence-corrected chi connectivity index (χ1v) is 6.38. The fraction of sp³-hybridized carbons (Fsp3) is 0.429. The summed E-state index contributed by atoms with van der Waals surface area (Å²) in [4.78, 5) is 4.36. The van der Waals surface area contributed by atoms with Crippen LogP contribution < -0.4 is 4.74 Å². The molecule has 0 saturated carbocycles. The van der Waals surface area contributed by atoms with Gasteiger partial charge in [-0.25, -0.2) is 14.1 Å². The summed E-state index contributed by atoms with van der Waals surface area (Å²) in [5.41, 5.74) is 0.367. The predicted molar refractivity (Wildman–Crippen MR) is 71.5 cm³/mol. The monoisotopic (exact) mass is 263 g/mol. The van der Waals surface area contributed by atoms with E-state index in [1.54, 1.807) is 23.9 Å². The molecule has 0 aliphatic rings. The third kappa shape index (κ3) is 2.75. The molecule has 0 fully saturated rings. The highest BCUT2D eigenvalue weighted by molar-refractivity contribution is 5.65. The van der Waals surface area contributed by atoms with E-state index in [0.29, 0.717) is 29.4 Å². The van der Waals surface area contributed by atoms with Gasteiger partial charge < -0.3 is 4.74 Å². The summed E-state index contributed by atoms with van der Waals surface area (Å²) < 4.78 is 21.4. The van der Waals surface area contributed by atoms with Crippen LogP contribution in [0.3, 0.4) is 0 Å². The Kier molecular flexibility index (Phi) is 3.83. The lowest BCUT2D eigenvalue weighted by Crippen LogP contribution is -2.08. The van der Waals surface area contributed by atoms with Crippen molar-refractivity contribution in [2.75, 3.05) is 0 Å². The highest BCUT2D eigenvalue weighted by atomic mass is 19.1. The van der Waals surface area contributed by atoms with E-state index >= 15 is 0 Å².